The fraction of sp³-hybridized carbons (Fsp3) is 0. The standard InChI is InChI=1S/C14H8ClN5O4/c15-12-4-2-1-3-11(12)14-16-13(17-18-14)8-5-9(19(21)22)7-10(6-8)20(23)24/h1-7H,(H,16,17,18). The summed E-state index contributed by atoms with van der Waals surface area (Å²) in [5.41, 5.74) is -0.0742. The summed E-state index contributed by atoms with van der Waals surface area (Å²) in [5, 5.41) is 29.0. The third-order valence-corrected chi connectivity index (χ3v) is 3.53. The van der Waals surface area contributed by atoms with Gasteiger partial charge in [-0.2, -0.15) is 5.10 Å². The number of nitrogens with one attached hydrogen (secondary N) is 1. The minimum absolute atomic E-state index is 0.0942. The van der Waals surface area contributed by atoms with Crippen molar-refractivity contribution >= 4 is 23.0 Å². The molecule has 0 aliphatic rings. The van der Waals surface area contributed by atoms with Gasteiger partial charge in [0.15, 0.2) is 11.6 Å². The summed E-state index contributed by atoms with van der Waals surface area (Å²) >= 11 is 6.08. The van der Waals surface area contributed by atoms with E-state index < -0.39 is 21.2 Å². The summed E-state index contributed by atoms with van der Waals surface area (Å²) in [5.74, 6) is 0.446. The Morgan fingerprint density at radius 2 is 1.62 bits per heavy atom. The summed E-state index contributed by atoms with van der Waals surface area (Å²) in [6, 6.07) is 10.2. The van der Waals surface area contributed by atoms with Gasteiger partial charge in [0.2, 0.25) is 0 Å². The molecule has 1 aromatic heterocycles. The number of nitro groups is 2. The molecule has 0 fully saturated rings. The molecule has 0 aliphatic heterocycles. The number of aromatic amines is 1. The summed E-state index contributed by atoms with van der Waals surface area (Å²) < 4.78 is 0. The van der Waals surface area contributed by atoms with Crippen molar-refractivity contribution in [2.24, 2.45) is 0 Å². The van der Waals surface area contributed by atoms with E-state index in [4.69, 9.17) is 11.6 Å². The van der Waals surface area contributed by atoms with Crippen molar-refractivity contribution in [1.29, 1.82) is 0 Å². The van der Waals surface area contributed by atoms with E-state index >= 15 is 0 Å². The molecular weight excluding hydrogens is 338 g/mol. The van der Waals surface area contributed by atoms with Crippen molar-refractivity contribution in [2.75, 3.05) is 0 Å². The van der Waals surface area contributed by atoms with Crippen LogP contribution in [-0.4, -0.2) is 25.0 Å². The molecule has 120 valence electrons. The molecule has 0 aliphatic carbocycles. The van der Waals surface area contributed by atoms with E-state index in [2.05, 4.69) is 15.2 Å². The molecule has 0 saturated carbocycles. The van der Waals surface area contributed by atoms with Crippen LogP contribution in [0.4, 0.5) is 11.4 Å². The third-order valence-electron chi connectivity index (χ3n) is 3.20. The van der Waals surface area contributed by atoms with Crippen LogP contribution in [0.2, 0.25) is 5.02 Å². The van der Waals surface area contributed by atoms with Crippen LogP contribution >= 0.6 is 11.6 Å². The number of nitro benzene ring substituents is 2. The Labute approximate surface area is 139 Å². The largest absolute Gasteiger partial charge is 0.277 e. The van der Waals surface area contributed by atoms with Gasteiger partial charge in [-0.25, -0.2) is 4.98 Å². The van der Waals surface area contributed by atoms with Crippen molar-refractivity contribution in [2.45, 2.75) is 0 Å². The number of halogens is 1. The number of aromatic nitrogens is 3. The van der Waals surface area contributed by atoms with E-state index in [0.29, 0.717) is 16.4 Å². The molecule has 9 nitrogen and oxygen atoms in total. The Bertz CT molecular complexity index is 924. The topological polar surface area (TPSA) is 128 Å². The minimum atomic E-state index is -0.710. The van der Waals surface area contributed by atoms with Gasteiger partial charge in [-0.15, -0.1) is 0 Å². The molecule has 0 amide bonds. The van der Waals surface area contributed by atoms with E-state index in [1.807, 2.05) is 0 Å². The molecule has 0 radical (unpaired) electrons. The quantitative estimate of drug-likeness (QED) is 0.568. The van der Waals surface area contributed by atoms with Crippen LogP contribution in [0.5, 0.6) is 0 Å². The fourth-order valence-corrected chi connectivity index (χ4v) is 2.32. The normalized spacial score (nSPS) is 10.5. The highest BCUT2D eigenvalue weighted by molar-refractivity contribution is 6.33. The van der Waals surface area contributed by atoms with Crippen LogP contribution < -0.4 is 0 Å². The number of hydrogen-bond acceptors (Lipinski definition) is 6. The van der Waals surface area contributed by atoms with Crippen molar-refractivity contribution < 1.29 is 9.85 Å². The molecule has 0 bridgehead atoms. The highest BCUT2D eigenvalue weighted by Gasteiger charge is 2.19. The summed E-state index contributed by atoms with van der Waals surface area (Å²) in [4.78, 5) is 24.7. The van der Waals surface area contributed by atoms with Gasteiger partial charge in [-0.1, -0.05) is 23.7 Å². The maximum Gasteiger partial charge on any atom is 0.277 e. The fourth-order valence-electron chi connectivity index (χ4n) is 2.10. The predicted octanol–water partition coefficient (Wildman–Crippen LogP) is 3.61. The maximum atomic E-state index is 10.9. The van der Waals surface area contributed by atoms with Crippen LogP contribution in [0.25, 0.3) is 22.8 Å². The molecule has 2 aromatic carbocycles. The van der Waals surface area contributed by atoms with E-state index in [1.165, 1.54) is 12.1 Å². The first kappa shape index (κ1) is 15.6. The first-order chi connectivity index (χ1) is 11.5. The first-order valence-electron chi connectivity index (χ1n) is 6.57. The molecule has 3 aromatic rings. The lowest BCUT2D eigenvalue weighted by Crippen LogP contribution is -1.94. The molecule has 1 N–H and O–H groups in total. The Morgan fingerprint density at radius 1 is 1.00 bits per heavy atom. The zero-order chi connectivity index (χ0) is 17.3. The Kier molecular flexibility index (Phi) is 3.92. The summed E-state index contributed by atoms with van der Waals surface area (Å²) in [6.07, 6.45) is 0. The van der Waals surface area contributed by atoms with Gasteiger partial charge in [0, 0.05) is 23.3 Å². The lowest BCUT2D eigenvalue weighted by Gasteiger charge is -1.99. The van der Waals surface area contributed by atoms with Gasteiger partial charge in [0.25, 0.3) is 11.4 Å². The lowest BCUT2D eigenvalue weighted by atomic mass is 10.1. The van der Waals surface area contributed by atoms with Crippen molar-refractivity contribution in [1.82, 2.24) is 15.2 Å². The van der Waals surface area contributed by atoms with Crippen LogP contribution in [0.3, 0.4) is 0 Å². The molecule has 0 spiro atoms. The zero-order valence-corrected chi connectivity index (χ0v) is 12.6. The predicted molar refractivity (Wildman–Crippen MR) is 85.6 cm³/mol. The molecule has 10 heteroatoms. The highest BCUT2D eigenvalue weighted by Crippen LogP contribution is 2.30. The molecule has 1 heterocycles. The molecule has 0 saturated heterocycles. The number of benzene rings is 2. The number of nitrogens with zero attached hydrogens (tertiary/aromatic N) is 4. The lowest BCUT2D eigenvalue weighted by molar-refractivity contribution is -0.394. The van der Waals surface area contributed by atoms with Gasteiger partial charge >= 0.3 is 0 Å². The smallest absolute Gasteiger partial charge is 0.259 e. The second-order valence-corrected chi connectivity index (χ2v) is 5.15. The number of hydrogen-bond donors (Lipinski definition) is 1. The summed E-state index contributed by atoms with van der Waals surface area (Å²) in [6.45, 7) is 0. The maximum absolute atomic E-state index is 10.9. The average molecular weight is 346 g/mol. The van der Waals surface area contributed by atoms with Crippen molar-refractivity contribution in [3.05, 3.63) is 67.7 Å². The number of rotatable bonds is 4. The van der Waals surface area contributed by atoms with Gasteiger partial charge < -0.3 is 0 Å². The molecule has 0 atom stereocenters. The summed E-state index contributed by atoms with van der Waals surface area (Å²) in [7, 11) is 0. The van der Waals surface area contributed by atoms with E-state index in [-0.39, 0.29) is 11.4 Å². The van der Waals surface area contributed by atoms with Gasteiger partial charge in [-0.05, 0) is 12.1 Å². The Balaban J connectivity index is 2.09. The third kappa shape index (κ3) is 2.92. The second-order valence-electron chi connectivity index (χ2n) is 4.74. The number of non-ortho nitro benzene ring substituents is 2. The van der Waals surface area contributed by atoms with Gasteiger partial charge in [0.05, 0.1) is 20.9 Å². The van der Waals surface area contributed by atoms with Gasteiger partial charge in [-0.3, -0.25) is 25.3 Å². The monoisotopic (exact) mass is 345 g/mol. The van der Waals surface area contributed by atoms with Crippen LogP contribution in [0.1, 0.15) is 0 Å². The van der Waals surface area contributed by atoms with E-state index in [0.717, 1.165) is 6.07 Å². The van der Waals surface area contributed by atoms with Crippen LogP contribution in [0, 0.1) is 20.2 Å². The highest BCUT2D eigenvalue weighted by atomic mass is 35.5. The molecular formula is C14H8ClN5O4. The SMILES string of the molecule is O=[N+]([O-])c1cc(-c2n[nH]c(-c3ccccc3Cl)n2)cc([N+](=O)[O-])c1. The Morgan fingerprint density at radius 3 is 2.21 bits per heavy atom. The molecule has 24 heavy (non-hydrogen) atoms. The average Bonchev–Trinajstić information content (AvgIpc) is 3.04. The van der Waals surface area contributed by atoms with Crippen LogP contribution in [-0.2, 0) is 0 Å². The first-order valence-corrected chi connectivity index (χ1v) is 6.95. The zero-order valence-electron chi connectivity index (χ0n) is 11.8. The second kappa shape index (κ2) is 6.05. The van der Waals surface area contributed by atoms with Crippen molar-refractivity contribution in [3.63, 3.8) is 0 Å². The molecule has 0 unspecified atom stereocenters. The van der Waals surface area contributed by atoms with Crippen molar-refractivity contribution in [3.8, 4) is 22.8 Å². The van der Waals surface area contributed by atoms with Crippen LogP contribution in [0.15, 0.2) is 42.5 Å². The minimum Gasteiger partial charge on any atom is -0.259 e. The van der Waals surface area contributed by atoms with E-state index in [9.17, 15) is 20.2 Å². The van der Waals surface area contributed by atoms with Gasteiger partial charge in [0.1, 0.15) is 0 Å². The van der Waals surface area contributed by atoms with E-state index in [1.54, 1.807) is 24.3 Å². The Hall–Kier alpha value is -3.33. The number of H-pyrrole nitrogens is 1. The molecule has 3 rings (SSSR count).